The Hall–Kier alpha value is -1.65. The number of hydrogen-bond donors (Lipinski definition) is 3. The van der Waals surface area contributed by atoms with Gasteiger partial charge >= 0.3 is 0 Å². The minimum atomic E-state index is -0.872. The lowest BCUT2D eigenvalue weighted by Crippen LogP contribution is -2.45. The third kappa shape index (κ3) is 49.2. The molecule has 0 aromatic carbocycles. The van der Waals surface area contributed by atoms with E-state index in [-0.39, 0.29) is 12.5 Å². The highest BCUT2D eigenvalue weighted by Gasteiger charge is 2.18. The van der Waals surface area contributed by atoms with Gasteiger partial charge in [-0.25, -0.2) is 0 Å². The summed E-state index contributed by atoms with van der Waals surface area (Å²) in [6, 6.07) is -0.647. The molecule has 0 aromatic rings. The van der Waals surface area contributed by atoms with E-state index >= 15 is 0 Å². The van der Waals surface area contributed by atoms with Crippen LogP contribution in [-0.4, -0.2) is 34.9 Å². The van der Waals surface area contributed by atoms with E-state index in [1.165, 1.54) is 231 Å². The lowest BCUT2D eigenvalue weighted by atomic mass is 10.0. The highest BCUT2D eigenvalue weighted by atomic mass is 16.3. The zero-order valence-electron chi connectivity index (χ0n) is 41.2. The third-order valence-corrected chi connectivity index (χ3v) is 12.5. The van der Waals surface area contributed by atoms with Crippen LogP contribution >= 0.6 is 0 Å². The fraction of sp³-hybridized carbons (Fsp3) is 0.842. The zero-order chi connectivity index (χ0) is 44.2. The summed E-state index contributed by atoms with van der Waals surface area (Å²) >= 11 is 0. The lowest BCUT2D eigenvalue weighted by molar-refractivity contribution is -0.123. The molecule has 0 radical (unpaired) electrons. The van der Waals surface area contributed by atoms with E-state index in [0.717, 1.165) is 38.5 Å². The second-order valence-corrected chi connectivity index (χ2v) is 18.6. The van der Waals surface area contributed by atoms with E-state index in [0.29, 0.717) is 6.42 Å². The number of amides is 1. The van der Waals surface area contributed by atoms with Crippen LogP contribution in [0.1, 0.15) is 290 Å². The van der Waals surface area contributed by atoms with Gasteiger partial charge in [-0.15, -0.1) is 0 Å². The van der Waals surface area contributed by atoms with Crippen molar-refractivity contribution in [1.29, 1.82) is 0 Å². The van der Waals surface area contributed by atoms with Crippen LogP contribution in [0.15, 0.2) is 48.6 Å². The molecule has 358 valence electrons. The molecule has 0 rings (SSSR count). The number of carbonyl (C=O) groups is 1. The van der Waals surface area contributed by atoms with Gasteiger partial charge in [0.15, 0.2) is 0 Å². The van der Waals surface area contributed by atoms with E-state index in [2.05, 4.69) is 55.6 Å². The van der Waals surface area contributed by atoms with Crippen molar-refractivity contribution in [3.8, 4) is 0 Å². The van der Waals surface area contributed by atoms with Gasteiger partial charge < -0.3 is 15.5 Å². The average molecular weight is 854 g/mol. The standard InChI is InChI=1S/C57H107NO3/c1-3-5-7-9-11-13-15-17-19-21-23-25-27-28-29-31-32-34-36-38-40-42-44-46-48-50-52-56(60)55(54-59)58-57(61)53-51-49-47-45-43-41-39-37-35-33-30-26-24-22-20-18-16-14-12-10-8-6-4-2/h22,24,34,36,42,44,50,52,55-56,59-60H,3-21,23,25-33,35,37-41,43,45-49,51,53-54H2,1-2H3,(H,58,61)/b24-22-,36-34+,44-42+,52-50+. The lowest BCUT2D eigenvalue weighted by Gasteiger charge is -2.19. The first-order valence-corrected chi connectivity index (χ1v) is 27.4. The number of allylic oxidation sites excluding steroid dienone is 7. The van der Waals surface area contributed by atoms with Crippen LogP contribution in [0.4, 0.5) is 0 Å². The molecule has 0 aliphatic rings. The number of aliphatic hydroxyl groups excluding tert-OH is 2. The smallest absolute Gasteiger partial charge is 0.220 e. The summed E-state index contributed by atoms with van der Waals surface area (Å²) in [6.07, 6.45) is 72.7. The Morgan fingerprint density at radius 3 is 0.951 bits per heavy atom. The van der Waals surface area contributed by atoms with Crippen molar-refractivity contribution in [2.45, 2.75) is 302 Å². The maximum absolute atomic E-state index is 12.5. The second-order valence-electron chi connectivity index (χ2n) is 18.6. The van der Waals surface area contributed by atoms with Crippen LogP contribution in [0.5, 0.6) is 0 Å². The largest absolute Gasteiger partial charge is 0.394 e. The molecule has 0 bridgehead atoms. The van der Waals surface area contributed by atoms with Gasteiger partial charge in [-0.1, -0.05) is 262 Å². The van der Waals surface area contributed by atoms with Gasteiger partial charge in [-0.3, -0.25) is 4.79 Å². The molecule has 0 fully saturated rings. The predicted molar refractivity (Wildman–Crippen MR) is 271 cm³/mol. The summed E-state index contributed by atoms with van der Waals surface area (Å²) in [5.41, 5.74) is 0. The summed E-state index contributed by atoms with van der Waals surface area (Å²) in [5, 5.41) is 23.1. The van der Waals surface area contributed by atoms with Crippen molar-refractivity contribution >= 4 is 5.91 Å². The molecule has 0 aromatic heterocycles. The van der Waals surface area contributed by atoms with Gasteiger partial charge in [0.2, 0.25) is 5.91 Å². The number of unbranched alkanes of at least 4 members (excludes halogenated alkanes) is 37. The van der Waals surface area contributed by atoms with Crippen LogP contribution < -0.4 is 5.32 Å². The first-order chi connectivity index (χ1) is 30.2. The van der Waals surface area contributed by atoms with Gasteiger partial charge in [0.25, 0.3) is 0 Å². The molecule has 0 spiro atoms. The number of nitrogens with one attached hydrogen (secondary N) is 1. The third-order valence-electron chi connectivity index (χ3n) is 12.5. The second kappa shape index (κ2) is 52.7. The van der Waals surface area contributed by atoms with Crippen LogP contribution in [0.2, 0.25) is 0 Å². The minimum Gasteiger partial charge on any atom is -0.394 e. The van der Waals surface area contributed by atoms with Gasteiger partial charge in [0.05, 0.1) is 18.8 Å². The predicted octanol–water partition coefficient (Wildman–Crippen LogP) is 17.9. The molecule has 1 amide bonds. The van der Waals surface area contributed by atoms with Crippen LogP contribution in [0, 0.1) is 0 Å². The Morgan fingerprint density at radius 1 is 0.377 bits per heavy atom. The molecule has 61 heavy (non-hydrogen) atoms. The van der Waals surface area contributed by atoms with Crippen molar-refractivity contribution in [3.05, 3.63) is 48.6 Å². The number of rotatable bonds is 50. The zero-order valence-corrected chi connectivity index (χ0v) is 41.2. The molecule has 4 nitrogen and oxygen atoms in total. The molecule has 0 heterocycles. The fourth-order valence-corrected chi connectivity index (χ4v) is 8.32. The molecule has 0 saturated carbocycles. The monoisotopic (exact) mass is 854 g/mol. The fourth-order valence-electron chi connectivity index (χ4n) is 8.32. The normalized spacial score (nSPS) is 13.2. The van der Waals surface area contributed by atoms with Crippen molar-refractivity contribution in [1.82, 2.24) is 5.32 Å². The molecular formula is C57H107NO3. The summed E-state index contributed by atoms with van der Waals surface area (Å²) in [4.78, 5) is 12.5. The van der Waals surface area contributed by atoms with E-state index < -0.39 is 12.1 Å². The summed E-state index contributed by atoms with van der Waals surface area (Å²) in [5.74, 6) is -0.0764. The topological polar surface area (TPSA) is 69.6 Å². The summed E-state index contributed by atoms with van der Waals surface area (Å²) in [6.45, 7) is 4.32. The molecule has 2 unspecified atom stereocenters. The highest BCUT2D eigenvalue weighted by molar-refractivity contribution is 5.76. The average Bonchev–Trinajstić information content (AvgIpc) is 3.26. The van der Waals surface area contributed by atoms with E-state index in [4.69, 9.17) is 0 Å². The summed E-state index contributed by atoms with van der Waals surface area (Å²) in [7, 11) is 0. The summed E-state index contributed by atoms with van der Waals surface area (Å²) < 4.78 is 0. The number of carbonyl (C=O) groups excluding carboxylic acids is 1. The SMILES string of the molecule is CCCCCCCCCC/C=C\CCCCCCCCCCCCCC(=O)NC(CO)C(O)/C=C/CC/C=C/CC/C=C/CCCCCCCCCCCCCCCCCC. The van der Waals surface area contributed by atoms with Crippen molar-refractivity contribution in [3.63, 3.8) is 0 Å². The first-order valence-electron chi connectivity index (χ1n) is 27.4. The molecule has 2 atom stereocenters. The maximum atomic E-state index is 12.5. The van der Waals surface area contributed by atoms with E-state index in [9.17, 15) is 15.0 Å². The number of aliphatic hydroxyl groups is 2. The van der Waals surface area contributed by atoms with Crippen molar-refractivity contribution in [2.24, 2.45) is 0 Å². The van der Waals surface area contributed by atoms with Gasteiger partial charge in [0, 0.05) is 6.42 Å². The van der Waals surface area contributed by atoms with E-state index in [1.54, 1.807) is 6.08 Å². The maximum Gasteiger partial charge on any atom is 0.220 e. The highest BCUT2D eigenvalue weighted by Crippen LogP contribution is 2.16. The number of hydrogen-bond acceptors (Lipinski definition) is 3. The molecule has 0 aliphatic carbocycles. The van der Waals surface area contributed by atoms with Gasteiger partial charge in [0.1, 0.15) is 0 Å². The van der Waals surface area contributed by atoms with Gasteiger partial charge in [-0.05, 0) is 70.6 Å². The first kappa shape index (κ1) is 59.4. The molecule has 3 N–H and O–H groups in total. The van der Waals surface area contributed by atoms with Crippen LogP contribution in [0.25, 0.3) is 0 Å². The molecule has 0 saturated heterocycles. The van der Waals surface area contributed by atoms with Crippen molar-refractivity contribution in [2.75, 3.05) is 6.61 Å². The van der Waals surface area contributed by atoms with Crippen molar-refractivity contribution < 1.29 is 15.0 Å². The Balaban J connectivity index is 3.57. The minimum absolute atomic E-state index is 0.0764. The Kier molecular flexibility index (Phi) is 51.3. The van der Waals surface area contributed by atoms with E-state index in [1.807, 2.05) is 6.08 Å². The Morgan fingerprint density at radius 2 is 0.639 bits per heavy atom. The Bertz CT molecular complexity index is 970. The molecular weight excluding hydrogens is 747 g/mol. The van der Waals surface area contributed by atoms with Crippen LogP contribution in [0.3, 0.4) is 0 Å². The Labute approximate surface area is 382 Å². The van der Waals surface area contributed by atoms with Gasteiger partial charge in [-0.2, -0.15) is 0 Å². The molecule has 4 heteroatoms. The van der Waals surface area contributed by atoms with Crippen LogP contribution in [-0.2, 0) is 4.79 Å². The quantitative estimate of drug-likeness (QED) is 0.0422. The molecule has 0 aliphatic heterocycles.